The third kappa shape index (κ3) is 5.37. The first-order valence-electron chi connectivity index (χ1n) is 11.3. The average Bonchev–Trinajstić information content (AvgIpc) is 3.65. The van der Waals surface area contributed by atoms with E-state index in [1.807, 2.05) is 42.6 Å². The van der Waals surface area contributed by atoms with Crippen molar-refractivity contribution in [2.24, 2.45) is 0 Å². The van der Waals surface area contributed by atoms with Crippen molar-refractivity contribution in [3.8, 4) is 5.69 Å². The SMILES string of the molecule is O=C(NCc1nnc(SC[C@@H]2CCCO2)n1Cc1ccccc1)c1ccc(-n2cccn2)cc1. The molecule has 1 aliphatic heterocycles. The topological polar surface area (TPSA) is 86.9 Å². The molecule has 174 valence electrons. The molecular weight excluding hydrogens is 448 g/mol. The summed E-state index contributed by atoms with van der Waals surface area (Å²) in [4.78, 5) is 12.8. The highest BCUT2D eigenvalue weighted by Gasteiger charge is 2.19. The van der Waals surface area contributed by atoms with E-state index >= 15 is 0 Å². The van der Waals surface area contributed by atoms with Crippen molar-refractivity contribution in [2.45, 2.75) is 37.2 Å². The van der Waals surface area contributed by atoms with Gasteiger partial charge in [0.2, 0.25) is 0 Å². The Bertz CT molecular complexity index is 1200. The molecule has 2 aromatic heterocycles. The molecule has 34 heavy (non-hydrogen) atoms. The first-order chi connectivity index (χ1) is 16.8. The smallest absolute Gasteiger partial charge is 0.251 e. The molecule has 0 bridgehead atoms. The normalized spacial score (nSPS) is 15.5. The maximum atomic E-state index is 12.8. The molecule has 4 aromatic rings. The molecule has 0 aliphatic carbocycles. The fraction of sp³-hybridized carbons (Fsp3) is 0.280. The summed E-state index contributed by atoms with van der Waals surface area (Å²) in [7, 11) is 0. The lowest BCUT2D eigenvalue weighted by Gasteiger charge is -2.13. The van der Waals surface area contributed by atoms with Crippen LogP contribution in [-0.4, -0.2) is 48.9 Å². The molecule has 1 N–H and O–H groups in total. The Morgan fingerprint density at radius 2 is 1.94 bits per heavy atom. The third-order valence-electron chi connectivity index (χ3n) is 5.70. The summed E-state index contributed by atoms with van der Waals surface area (Å²) in [6, 6.07) is 19.4. The van der Waals surface area contributed by atoms with Gasteiger partial charge >= 0.3 is 0 Å². The highest BCUT2D eigenvalue weighted by molar-refractivity contribution is 7.99. The van der Waals surface area contributed by atoms with Crippen LogP contribution in [-0.2, 0) is 17.8 Å². The number of thioether (sulfide) groups is 1. The number of nitrogens with zero attached hydrogens (tertiary/aromatic N) is 5. The lowest BCUT2D eigenvalue weighted by Crippen LogP contribution is -2.25. The van der Waals surface area contributed by atoms with E-state index in [1.165, 1.54) is 0 Å². The van der Waals surface area contributed by atoms with Gasteiger partial charge in [-0.15, -0.1) is 10.2 Å². The van der Waals surface area contributed by atoms with E-state index < -0.39 is 0 Å². The maximum absolute atomic E-state index is 12.8. The van der Waals surface area contributed by atoms with E-state index in [-0.39, 0.29) is 12.0 Å². The summed E-state index contributed by atoms with van der Waals surface area (Å²) in [6.07, 6.45) is 6.05. The predicted octanol–water partition coefficient (Wildman–Crippen LogP) is 3.71. The maximum Gasteiger partial charge on any atom is 0.251 e. The zero-order valence-corrected chi connectivity index (χ0v) is 19.5. The van der Waals surface area contributed by atoms with Gasteiger partial charge in [0.1, 0.15) is 0 Å². The molecule has 1 saturated heterocycles. The van der Waals surface area contributed by atoms with Gasteiger partial charge in [0.25, 0.3) is 5.91 Å². The lowest BCUT2D eigenvalue weighted by atomic mass is 10.2. The number of hydrogen-bond acceptors (Lipinski definition) is 6. The van der Waals surface area contributed by atoms with Crippen molar-refractivity contribution in [3.05, 3.63) is 90.0 Å². The minimum Gasteiger partial charge on any atom is -0.377 e. The number of hydrogen-bond donors (Lipinski definition) is 1. The van der Waals surface area contributed by atoms with Crippen molar-refractivity contribution >= 4 is 17.7 Å². The summed E-state index contributed by atoms with van der Waals surface area (Å²) in [5, 5.41) is 16.9. The Morgan fingerprint density at radius 3 is 2.68 bits per heavy atom. The van der Waals surface area contributed by atoms with Gasteiger partial charge in [-0.05, 0) is 48.7 Å². The second-order valence-electron chi connectivity index (χ2n) is 8.10. The van der Waals surface area contributed by atoms with E-state index in [2.05, 4.69) is 37.3 Å². The van der Waals surface area contributed by atoms with E-state index in [4.69, 9.17) is 4.74 Å². The fourth-order valence-electron chi connectivity index (χ4n) is 3.87. The number of benzene rings is 2. The summed E-state index contributed by atoms with van der Waals surface area (Å²) >= 11 is 1.66. The third-order valence-corrected chi connectivity index (χ3v) is 6.80. The van der Waals surface area contributed by atoms with E-state index in [0.29, 0.717) is 18.7 Å². The zero-order chi connectivity index (χ0) is 23.2. The van der Waals surface area contributed by atoms with E-state index in [9.17, 15) is 4.79 Å². The van der Waals surface area contributed by atoms with E-state index in [1.54, 1.807) is 34.8 Å². The van der Waals surface area contributed by atoms with Crippen LogP contribution in [0.2, 0.25) is 0 Å². The van der Waals surface area contributed by atoms with Gasteiger partial charge in [-0.1, -0.05) is 42.1 Å². The van der Waals surface area contributed by atoms with Crippen molar-refractivity contribution in [1.29, 1.82) is 0 Å². The van der Waals surface area contributed by atoms with Crippen LogP contribution in [0.15, 0.2) is 78.2 Å². The van der Waals surface area contributed by atoms with Gasteiger partial charge in [-0.3, -0.25) is 4.79 Å². The Labute approximate surface area is 202 Å². The highest BCUT2D eigenvalue weighted by atomic mass is 32.2. The molecule has 1 atom stereocenters. The minimum atomic E-state index is -0.158. The van der Waals surface area contributed by atoms with Gasteiger partial charge in [0.05, 0.1) is 24.9 Å². The summed E-state index contributed by atoms with van der Waals surface area (Å²) < 4.78 is 9.59. The van der Waals surface area contributed by atoms with Crippen LogP contribution in [0.5, 0.6) is 0 Å². The molecule has 5 rings (SSSR count). The van der Waals surface area contributed by atoms with Crippen LogP contribution in [0.1, 0.15) is 34.6 Å². The molecule has 2 aromatic carbocycles. The number of aromatic nitrogens is 5. The number of nitrogens with one attached hydrogen (secondary N) is 1. The molecule has 0 radical (unpaired) electrons. The largest absolute Gasteiger partial charge is 0.377 e. The Hall–Kier alpha value is -3.43. The first-order valence-corrected chi connectivity index (χ1v) is 12.3. The van der Waals surface area contributed by atoms with Crippen molar-refractivity contribution in [3.63, 3.8) is 0 Å². The highest BCUT2D eigenvalue weighted by Crippen LogP contribution is 2.24. The molecule has 1 aliphatic rings. The monoisotopic (exact) mass is 474 g/mol. The van der Waals surface area contributed by atoms with Gasteiger partial charge in [-0.2, -0.15) is 5.10 Å². The Kier molecular flexibility index (Phi) is 7.02. The van der Waals surface area contributed by atoms with Crippen LogP contribution in [0.4, 0.5) is 0 Å². The molecule has 9 heteroatoms. The van der Waals surface area contributed by atoms with E-state index in [0.717, 1.165) is 47.4 Å². The molecule has 1 amide bonds. The van der Waals surface area contributed by atoms with Crippen LogP contribution in [0, 0.1) is 0 Å². The molecule has 3 heterocycles. The van der Waals surface area contributed by atoms with Crippen molar-refractivity contribution < 1.29 is 9.53 Å². The van der Waals surface area contributed by atoms with Gasteiger partial charge < -0.3 is 14.6 Å². The first kappa shape index (κ1) is 22.4. The fourth-order valence-corrected chi connectivity index (χ4v) is 4.90. The van der Waals surface area contributed by atoms with Crippen LogP contribution in [0.3, 0.4) is 0 Å². The molecule has 0 saturated carbocycles. The molecule has 0 spiro atoms. The van der Waals surface area contributed by atoms with Gasteiger partial charge in [-0.25, -0.2) is 4.68 Å². The Morgan fingerprint density at radius 1 is 1.09 bits per heavy atom. The molecular formula is C25H26N6O2S. The number of rotatable bonds is 9. The van der Waals surface area contributed by atoms with Crippen LogP contribution in [0.25, 0.3) is 5.69 Å². The molecule has 1 fully saturated rings. The predicted molar refractivity (Wildman–Crippen MR) is 130 cm³/mol. The Balaban J connectivity index is 1.27. The van der Waals surface area contributed by atoms with Crippen LogP contribution < -0.4 is 5.32 Å². The van der Waals surface area contributed by atoms with Crippen LogP contribution >= 0.6 is 11.8 Å². The average molecular weight is 475 g/mol. The second-order valence-corrected chi connectivity index (χ2v) is 9.08. The zero-order valence-electron chi connectivity index (χ0n) is 18.7. The summed E-state index contributed by atoms with van der Waals surface area (Å²) in [5.74, 6) is 1.41. The van der Waals surface area contributed by atoms with Gasteiger partial charge in [0.15, 0.2) is 11.0 Å². The lowest BCUT2D eigenvalue weighted by molar-refractivity contribution is 0.0949. The summed E-state index contributed by atoms with van der Waals surface area (Å²) in [6.45, 7) is 1.77. The number of carbonyl (C=O) groups excluding carboxylic acids is 1. The second kappa shape index (κ2) is 10.7. The quantitative estimate of drug-likeness (QED) is 0.372. The number of amides is 1. The minimum absolute atomic E-state index is 0.158. The standard InChI is InChI=1S/C25H26N6O2S/c32-24(20-9-11-21(12-10-20)31-14-5-13-27-31)26-16-23-28-29-25(34-18-22-8-4-15-33-22)30(23)17-19-6-2-1-3-7-19/h1-3,5-7,9-14,22H,4,8,15-18H2,(H,26,32)/t22-/m0/s1. The number of ether oxygens (including phenoxy) is 1. The molecule has 0 unspecified atom stereocenters. The van der Waals surface area contributed by atoms with Crippen molar-refractivity contribution in [2.75, 3.05) is 12.4 Å². The summed E-state index contributed by atoms with van der Waals surface area (Å²) in [5.41, 5.74) is 2.64. The van der Waals surface area contributed by atoms with Crippen molar-refractivity contribution in [1.82, 2.24) is 29.9 Å². The molecule has 8 nitrogen and oxygen atoms in total. The number of carbonyl (C=O) groups is 1. The van der Waals surface area contributed by atoms with Gasteiger partial charge in [0, 0.05) is 30.3 Å².